The lowest BCUT2D eigenvalue weighted by Gasteiger charge is -2.12. The van der Waals surface area contributed by atoms with Crippen molar-refractivity contribution in [3.8, 4) is 5.69 Å². The number of aryl methyl sites for hydroxylation is 1. The molecule has 2 aromatic rings. The fourth-order valence-electron chi connectivity index (χ4n) is 2.36. The largest absolute Gasteiger partial charge is 0.310 e. The van der Waals surface area contributed by atoms with Crippen molar-refractivity contribution in [3.05, 3.63) is 41.6 Å². The second-order valence-electron chi connectivity index (χ2n) is 5.94. The summed E-state index contributed by atoms with van der Waals surface area (Å²) in [5.74, 6) is 0. The summed E-state index contributed by atoms with van der Waals surface area (Å²) in [6.45, 7) is 7.52. The Morgan fingerprint density at radius 2 is 2.00 bits per heavy atom. The van der Waals surface area contributed by atoms with Gasteiger partial charge in [-0.25, -0.2) is 4.68 Å². The molecule has 1 aliphatic rings. The molecule has 0 radical (unpaired) electrons. The first kappa shape index (κ1) is 14.7. The lowest BCUT2D eigenvalue weighted by Crippen LogP contribution is -2.16. The predicted molar refractivity (Wildman–Crippen MR) is 89.2 cm³/mol. The first-order valence-corrected chi connectivity index (χ1v) is 8.57. The summed E-state index contributed by atoms with van der Waals surface area (Å²) in [4.78, 5) is 0. The zero-order chi connectivity index (χ0) is 14.8. The van der Waals surface area contributed by atoms with Gasteiger partial charge in [-0.1, -0.05) is 32.0 Å². The molecule has 1 heterocycles. The van der Waals surface area contributed by atoms with E-state index in [9.17, 15) is 0 Å². The van der Waals surface area contributed by atoms with Gasteiger partial charge in [0.2, 0.25) is 0 Å². The molecule has 0 amide bonds. The zero-order valence-corrected chi connectivity index (χ0v) is 13.8. The number of para-hydroxylation sites is 1. The molecule has 21 heavy (non-hydrogen) atoms. The normalized spacial score (nSPS) is 14.9. The van der Waals surface area contributed by atoms with Crippen LogP contribution in [0.5, 0.6) is 0 Å². The Kier molecular flexibility index (Phi) is 4.36. The number of nitrogens with zero attached hydrogens (tertiary/aromatic N) is 2. The van der Waals surface area contributed by atoms with E-state index in [1.807, 2.05) is 17.8 Å². The molecule has 3 rings (SSSR count). The SMILES string of the molecule is Cc1nn(-c2ccccc2)c(SC(C)C)c1CNC1CC1. The van der Waals surface area contributed by atoms with E-state index in [1.165, 1.54) is 23.4 Å². The molecule has 0 aliphatic heterocycles. The van der Waals surface area contributed by atoms with Crippen LogP contribution in [-0.4, -0.2) is 21.1 Å². The van der Waals surface area contributed by atoms with E-state index in [1.54, 1.807) is 0 Å². The highest BCUT2D eigenvalue weighted by atomic mass is 32.2. The molecular weight excluding hydrogens is 278 g/mol. The minimum atomic E-state index is 0.545. The number of hydrogen-bond acceptors (Lipinski definition) is 3. The highest BCUT2D eigenvalue weighted by Gasteiger charge is 2.23. The van der Waals surface area contributed by atoms with Crippen molar-refractivity contribution in [1.29, 1.82) is 0 Å². The zero-order valence-electron chi connectivity index (χ0n) is 13.0. The first-order chi connectivity index (χ1) is 10.1. The Balaban J connectivity index is 1.95. The molecule has 0 bridgehead atoms. The Bertz CT molecular complexity index is 600. The molecule has 0 saturated heterocycles. The Labute approximate surface area is 131 Å². The second kappa shape index (κ2) is 6.24. The number of aromatic nitrogens is 2. The van der Waals surface area contributed by atoms with E-state index < -0.39 is 0 Å². The fourth-order valence-corrected chi connectivity index (χ4v) is 3.42. The number of rotatable bonds is 6. The molecule has 0 unspecified atom stereocenters. The Hall–Kier alpha value is -1.26. The molecular formula is C17H23N3S. The Morgan fingerprint density at radius 3 is 2.62 bits per heavy atom. The summed E-state index contributed by atoms with van der Waals surface area (Å²) in [5, 5.41) is 10.2. The quantitative estimate of drug-likeness (QED) is 0.820. The van der Waals surface area contributed by atoms with Gasteiger partial charge < -0.3 is 5.32 Å². The van der Waals surface area contributed by atoms with Crippen molar-refractivity contribution in [2.24, 2.45) is 0 Å². The summed E-state index contributed by atoms with van der Waals surface area (Å²) in [6, 6.07) is 11.1. The number of benzene rings is 1. The Morgan fingerprint density at radius 1 is 1.29 bits per heavy atom. The number of nitrogens with one attached hydrogen (secondary N) is 1. The van der Waals surface area contributed by atoms with Crippen LogP contribution < -0.4 is 5.32 Å². The molecule has 3 nitrogen and oxygen atoms in total. The molecule has 0 spiro atoms. The van der Waals surface area contributed by atoms with E-state index in [0.29, 0.717) is 5.25 Å². The number of hydrogen-bond donors (Lipinski definition) is 1. The van der Waals surface area contributed by atoms with Crippen LogP contribution in [0, 0.1) is 6.92 Å². The molecule has 1 N–H and O–H groups in total. The summed E-state index contributed by atoms with van der Waals surface area (Å²) >= 11 is 1.90. The van der Waals surface area contributed by atoms with Crippen molar-refractivity contribution in [1.82, 2.24) is 15.1 Å². The van der Waals surface area contributed by atoms with Gasteiger partial charge in [-0.3, -0.25) is 0 Å². The van der Waals surface area contributed by atoms with E-state index in [0.717, 1.165) is 24.0 Å². The van der Waals surface area contributed by atoms with Gasteiger partial charge in [0.05, 0.1) is 11.4 Å². The average Bonchev–Trinajstić information content (AvgIpc) is 3.24. The van der Waals surface area contributed by atoms with Gasteiger partial charge in [-0.05, 0) is 31.9 Å². The minimum Gasteiger partial charge on any atom is -0.310 e. The third-order valence-electron chi connectivity index (χ3n) is 3.63. The third kappa shape index (κ3) is 3.50. The monoisotopic (exact) mass is 301 g/mol. The predicted octanol–water partition coefficient (Wildman–Crippen LogP) is 3.93. The van der Waals surface area contributed by atoms with Crippen LogP contribution in [0.15, 0.2) is 35.4 Å². The van der Waals surface area contributed by atoms with E-state index >= 15 is 0 Å². The maximum absolute atomic E-state index is 4.79. The van der Waals surface area contributed by atoms with E-state index in [-0.39, 0.29) is 0 Å². The first-order valence-electron chi connectivity index (χ1n) is 7.69. The van der Waals surface area contributed by atoms with Gasteiger partial charge in [0.15, 0.2) is 0 Å². The smallest absolute Gasteiger partial charge is 0.105 e. The van der Waals surface area contributed by atoms with Gasteiger partial charge in [0.25, 0.3) is 0 Å². The maximum Gasteiger partial charge on any atom is 0.105 e. The lowest BCUT2D eigenvalue weighted by atomic mass is 10.2. The van der Waals surface area contributed by atoms with Crippen molar-refractivity contribution < 1.29 is 0 Å². The molecule has 1 aliphatic carbocycles. The van der Waals surface area contributed by atoms with Gasteiger partial charge in [0, 0.05) is 23.4 Å². The topological polar surface area (TPSA) is 29.9 Å². The summed E-state index contributed by atoms with van der Waals surface area (Å²) in [5.41, 5.74) is 3.63. The van der Waals surface area contributed by atoms with Crippen LogP contribution >= 0.6 is 11.8 Å². The van der Waals surface area contributed by atoms with Crippen LogP contribution in [0.4, 0.5) is 0 Å². The minimum absolute atomic E-state index is 0.545. The molecule has 1 saturated carbocycles. The van der Waals surface area contributed by atoms with Crippen LogP contribution in [0.3, 0.4) is 0 Å². The van der Waals surface area contributed by atoms with Crippen molar-refractivity contribution in [3.63, 3.8) is 0 Å². The van der Waals surface area contributed by atoms with Crippen LogP contribution in [0.1, 0.15) is 37.9 Å². The van der Waals surface area contributed by atoms with Crippen molar-refractivity contribution in [2.45, 2.75) is 56.5 Å². The number of thioether (sulfide) groups is 1. The van der Waals surface area contributed by atoms with Crippen LogP contribution in [-0.2, 0) is 6.54 Å². The van der Waals surface area contributed by atoms with E-state index in [2.05, 4.69) is 55.0 Å². The maximum atomic E-state index is 4.79. The van der Waals surface area contributed by atoms with Gasteiger partial charge in [-0.2, -0.15) is 5.10 Å². The summed E-state index contributed by atoms with van der Waals surface area (Å²) in [7, 11) is 0. The molecule has 1 aromatic heterocycles. The van der Waals surface area contributed by atoms with Crippen molar-refractivity contribution >= 4 is 11.8 Å². The molecule has 0 atom stereocenters. The molecule has 1 fully saturated rings. The summed E-state index contributed by atoms with van der Waals surface area (Å²) < 4.78 is 2.10. The third-order valence-corrected chi connectivity index (χ3v) is 4.74. The second-order valence-corrected chi connectivity index (χ2v) is 7.50. The van der Waals surface area contributed by atoms with E-state index in [4.69, 9.17) is 5.10 Å². The highest BCUT2D eigenvalue weighted by Crippen LogP contribution is 2.32. The fraction of sp³-hybridized carbons (Fsp3) is 0.471. The van der Waals surface area contributed by atoms with Crippen molar-refractivity contribution in [2.75, 3.05) is 0 Å². The van der Waals surface area contributed by atoms with Crippen LogP contribution in [0.25, 0.3) is 5.69 Å². The highest BCUT2D eigenvalue weighted by molar-refractivity contribution is 7.99. The summed E-state index contributed by atoms with van der Waals surface area (Å²) in [6.07, 6.45) is 2.64. The average molecular weight is 301 g/mol. The van der Waals surface area contributed by atoms with Gasteiger partial charge >= 0.3 is 0 Å². The van der Waals surface area contributed by atoms with Crippen LogP contribution in [0.2, 0.25) is 0 Å². The molecule has 112 valence electrons. The lowest BCUT2D eigenvalue weighted by molar-refractivity contribution is 0.673. The van der Waals surface area contributed by atoms with Gasteiger partial charge in [0.1, 0.15) is 5.03 Å². The standard InChI is InChI=1S/C17H23N3S/c1-12(2)21-17-16(11-18-14-9-10-14)13(3)19-20(17)15-7-5-4-6-8-15/h4-8,12,14,18H,9-11H2,1-3H3. The van der Waals surface area contributed by atoms with Gasteiger partial charge in [-0.15, -0.1) is 11.8 Å². The molecule has 1 aromatic carbocycles. The molecule has 4 heteroatoms.